The first-order valence-electron chi connectivity index (χ1n) is 14.1. The summed E-state index contributed by atoms with van der Waals surface area (Å²) >= 11 is 0. The largest absolute Gasteiger partial charge is 0.514 e. The molecule has 0 fully saturated rings. The zero-order chi connectivity index (χ0) is 29.3. The predicted octanol–water partition coefficient (Wildman–Crippen LogP) is 7.62. The van der Waals surface area contributed by atoms with Crippen molar-refractivity contribution in [2.75, 3.05) is 5.32 Å². The van der Waals surface area contributed by atoms with Gasteiger partial charge in [0.25, 0.3) is 5.69 Å². The van der Waals surface area contributed by atoms with Gasteiger partial charge in [0, 0.05) is 17.8 Å². The number of nitro groups is 1. The number of benzene rings is 2. The first kappa shape index (κ1) is 31.3. The van der Waals surface area contributed by atoms with Crippen molar-refractivity contribution in [3.05, 3.63) is 88.5 Å². The van der Waals surface area contributed by atoms with Crippen LogP contribution < -0.4 is 10.1 Å². The molecule has 0 heterocycles. The highest BCUT2D eigenvalue weighted by atomic mass is 16.7. The molecule has 10 heteroatoms. The van der Waals surface area contributed by atoms with Gasteiger partial charge in [-0.05, 0) is 93.3 Å². The lowest BCUT2D eigenvalue weighted by atomic mass is 10.0. The molecule has 2 unspecified atom stereocenters. The standard InChI is InChI=1S/C16H21NO3.C15H17NO5/c18-12-13-8-10-14(11-9-13)17-16(19)20-15-6-4-2-1-3-5-7-15;17-15(20-13-6-4-2-1-3-5-7-13)21-14-10-8-12(9-11-14)16(18)19/h4,6,8-11,15,18H,1-3,5,7,12H2,(H,17,19);4,6,8-11,13H,1-3,5,7H2/b2*6-4+. The highest BCUT2D eigenvalue weighted by molar-refractivity contribution is 5.84. The number of rotatable bonds is 6. The Hall–Kier alpha value is -4.18. The minimum atomic E-state index is -0.793. The SMILES string of the molecule is O=C(Nc1ccc(CO)cc1)OC1/C=C/CCCCC1.O=C(Oc1ccc([N+](=O)[O-])cc1)OC1/C=C/CCCCC1. The van der Waals surface area contributed by atoms with Gasteiger partial charge in [0.1, 0.15) is 18.0 Å². The number of ether oxygens (including phenoxy) is 3. The molecule has 41 heavy (non-hydrogen) atoms. The second-order valence-electron chi connectivity index (χ2n) is 9.82. The zero-order valence-corrected chi connectivity index (χ0v) is 23.1. The molecule has 220 valence electrons. The van der Waals surface area contributed by atoms with E-state index in [4.69, 9.17) is 19.3 Å². The number of anilines is 1. The molecule has 2 aliphatic rings. The van der Waals surface area contributed by atoms with Crippen LogP contribution in [0.25, 0.3) is 0 Å². The molecule has 2 atom stereocenters. The summed E-state index contributed by atoms with van der Waals surface area (Å²) in [6, 6.07) is 12.3. The lowest BCUT2D eigenvalue weighted by molar-refractivity contribution is -0.384. The van der Waals surface area contributed by atoms with Crippen molar-refractivity contribution in [2.24, 2.45) is 0 Å². The average molecular weight is 567 g/mol. The first-order valence-corrected chi connectivity index (χ1v) is 14.1. The van der Waals surface area contributed by atoms with Gasteiger partial charge in [0.2, 0.25) is 0 Å². The van der Waals surface area contributed by atoms with E-state index in [0.29, 0.717) is 5.69 Å². The third-order valence-electron chi connectivity index (χ3n) is 6.56. The van der Waals surface area contributed by atoms with Crippen LogP contribution in [0, 0.1) is 10.1 Å². The number of carbonyl (C=O) groups excluding carboxylic acids is 2. The summed E-state index contributed by atoms with van der Waals surface area (Å²) in [4.78, 5) is 33.5. The van der Waals surface area contributed by atoms with E-state index in [1.807, 2.05) is 18.2 Å². The van der Waals surface area contributed by atoms with Crippen molar-refractivity contribution in [1.29, 1.82) is 0 Å². The Kier molecular flexibility index (Phi) is 13.4. The van der Waals surface area contributed by atoms with Crippen LogP contribution in [-0.4, -0.2) is 34.5 Å². The van der Waals surface area contributed by atoms with Crippen LogP contribution in [0.5, 0.6) is 5.75 Å². The number of nitrogens with one attached hydrogen (secondary N) is 1. The molecule has 1 amide bonds. The van der Waals surface area contributed by atoms with Crippen LogP contribution in [0.15, 0.2) is 72.8 Å². The molecule has 0 bridgehead atoms. The van der Waals surface area contributed by atoms with Gasteiger partial charge in [-0.2, -0.15) is 0 Å². The van der Waals surface area contributed by atoms with Crippen molar-refractivity contribution in [2.45, 2.75) is 83.0 Å². The maximum atomic E-state index is 11.8. The second-order valence-corrected chi connectivity index (χ2v) is 9.82. The van der Waals surface area contributed by atoms with E-state index in [9.17, 15) is 19.7 Å². The molecular weight excluding hydrogens is 528 g/mol. The number of amides is 1. The number of non-ortho nitro benzene ring substituents is 1. The normalized spacial score (nSPS) is 20.2. The van der Waals surface area contributed by atoms with Gasteiger partial charge in [0.15, 0.2) is 0 Å². The number of carbonyl (C=O) groups is 2. The van der Waals surface area contributed by atoms with Gasteiger partial charge in [0.05, 0.1) is 11.5 Å². The molecule has 2 aliphatic carbocycles. The Labute approximate surface area is 240 Å². The highest BCUT2D eigenvalue weighted by Gasteiger charge is 2.16. The summed E-state index contributed by atoms with van der Waals surface area (Å²) in [6.45, 7) is -0.00239. The minimum Gasteiger partial charge on any atom is -0.442 e. The van der Waals surface area contributed by atoms with Gasteiger partial charge in [-0.3, -0.25) is 15.4 Å². The molecule has 0 saturated carbocycles. The summed E-state index contributed by atoms with van der Waals surface area (Å²) in [7, 11) is 0. The van der Waals surface area contributed by atoms with E-state index >= 15 is 0 Å². The first-order chi connectivity index (χ1) is 19.9. The molecule has 0 radical (unpaired) electrons. The third kappa shape index (κ3) is 12.3. The fourth-order valence-electron chi connectivity index (χ4n) is 4.31. The van der Waals surface area contributed by atoms with E-state index in [0.717, 1.165) is 56.9 Å². The number of allylic oxidation sites excluding steroid dienone is 2. The molecule has 0 saturated heterocycles. The molecule has 2 N–H and O–H groups in total. The Morgan fingerprint density at radius 1 is 0.829 bits per heavy atom. The summed E-state index contributed by atoms with van der Waals surface area (Å²) in [5, 5.41) is 22.2. The molecule has 2 aromatic carbocycles. The van der Waals surface area contributed by atoms with E-state index < -0.39 is 17.2 Å². The number of aliphatic hydroxyl groups excluding tert-OH is 1. The maximum Gasteiger partial charge on any atom is 0.514 e. The van der Waals surface area contributed by atoms with Gasteiger partial charge < -0.3 is 19.3 Å². The summed E-state index contributed by atoms with van der Waals surface area (Å²) in [6.07, 6.45) is 16.9. The van der Waals surface area contributed by atoms with Crippen LogP contribution in [0.3, 0.4) is 0 Å². The number of aliphatic hydroxyl groups is 1. The molecule has 0 aromatic heterocycles. The van der Waals surface area contributed by atoms with Crippen molar-refractivity contribution < 1.29 is 33.8 Å². The minimum absolute atomic E-state index is 0.00239. The Morgan fingerprint density at radius 3 is 1.98 bits per heavy atom. The lowest BCUT2D eigenvalue weighted by Crippen LogP contribution is -2.21. The molecule has 10 nitrogen and oxygen atoms in total. The monoisotopic (exact) mass is 566 g/mol. The molecule has 2 aromatic rings. The van der Waals surface area contributed by atoms with E-state index in [2.05, 4.69) is 11.4 Å². The topological polar surface area (TPSA) is 137 Å². The smallest absolute Gasteiger partial charge is 0.442 e. The number of hydrogen-bond donors (Lipinski definition) is 2. The van der Waals surface area contributed by atoms with Crippen LogP contribution in [0.4, 0.5) is 21.0 Å². The second kappa shape index (κ2) is 17.5. The number of nitrogens with zero attached hydrogens (tertiary/aromatic N) is 1. The Morgan fingerprint density at radius 2 is 1.41 bits per heavy atom. The average Bonchev–Trinajstić information content (AvgIpc) is 2.93. The van der Waals surface area contributed by atoms with Crippen LogP contribution in [0.1, 0.15) is 69.8 Å². The van der Waals surface area contributed by atoms with E-state index in [1.54, 1.807) is 24.3 Å². The lowest BCUT2D eigenvalue weighted by Gasteiger charge is -2.16. The Bertz CT molecular complexity index is 1160. The van der Waals surface area contributed by atoms with Crippen LogP contribution >= 0.6 is 0 Å². The summed E-state index contributed by atoms with van der Waals surface area (Å²) in [5.74, 6) is 0.223. The molecule has 0 aliphatic heterocycles. The fraction of sp³-hybridized carbons (Fsp3) is 0.419. The highest BCUT2D eigenvalue weighted by Crippen LogP contribution is 2.20. The molecular formula is C31H38N2O8. The van der Waals surface area contributed by atoms with E-state index in [1.165, 1.54) is 37.1 Å². The van der Waals surface area contributed by atoms with Crippen molar-refractivity contribution in [1.82, 2.24) is 0 Å². The number of hydrogen-bond acceptors (Lipinski definition) is 8. The molecule has 4 rings (SSSR count). The quantitative estimate of drug-likeness (QED) is 0.120. The van der Waals surface area contributed by atoms with Gasteiger partial charge >= 0.3 is 12.2 Å². The summed E-state index contributed by atoms with van der Waals surface area (Å²) < 4.78 is 15.6. The van der Waals surface area contributed by atoms with Crippen molar-refractivity contribution in [3.8, 4) is 5.75 Å². The summed E-state index contributed by atoms with van der Waals surface area (Å²) in [5.41, 5.74) is 1.42. The van der Waals surface area contributed by atoms with Gasteiger partial charge in [-0.1, -0.05) is 37.1 Å². The van der Waals surface area contributed by atoms with Crippen LogP contribution in [-0.2, 0) is 16.1 Å². The third-order valence-corrected chi connectivity index (χ3v) is 6.56. The maximum absolute atomic E-state index is 11.8. The van der Waals surface area contributed by atoms with Crippen molar-refractivity contribution >= 4 is 23.6 Å². The van der Waals surface area contributed by atoms with E-state index in [-0.39, 0.29) is 30.3 Å². The van der Waals surface area contributed by atoms with Crippen molar-refractivity contribution in [3.63, 3.8) is 0 Å². The molecule has 0 spiro atoms. The van der Waals surface area contributed by atoms with Crippen LogP contribution in [0.2, 0.25) is 0 Å². The predicted molar refractivity (Wildman–Crippen MR) is 155 cm³/mol. The Balaban J connectivity index is 0.000000226. The number of nitro benzene ring substituents is 1. The zero-order valence-electron chi connectivity index (χ0n) is 23.1. The fourth-order valence-corrected chi connectivity index (χ4v) is 4.31. The van der Waals surface area contributed by atoms with Gasteiger partial charge in [-0.15, -0.1) is 0 Å². The van der Waals surface area contributed by atoms with Gasteiger partial charge in [-0.25, -0.2) is 9.59 Å².